The molecule has 1 saturated heterocycles. The minimum Gasteiger partial charge on any atom is -0.497 e. The van der Waals surface area contributed by atoms with Crippen molar-refractivity contribution < 1.29 is 14.3 Å². The Labute approximate surface area is 107 Å². The predicted octanol–water partition coefficient (Wildman–Crippen LogP) is 1.89. The Hall–Kier alpha value is -1.84. The molecule has 0 saturated carbocycles. The highest BCUT2D eigenvalue weighted by atomic mass is 16.5. The maximum atomic E-state index is 12.3. The van der Waals surface area contributed by atoms with Crippen LogP contribution in [-0.4, -0.2) is 35.8 Å². The zero-order valence-corrected chi connectivity index (χ0v) is 10.9. The van der Waals surface area contributed by atoms with Crippen LogP contribution in [0.1, 0.15) is 30.6 Å². The van der Waals surface area contributed by atoms with E-state index in [4.69, 9.17) is 4.74 Å². The number of amides is 1. The third-order valence-corrected chi connectivity index (χ3v) is 3.50. The molecule has 0 spiro atoms. The number of ketones is 1. The van der Waals surface area contributed by atoms with E-state index in [2.05, 4.69) is 0 Å². The van der Waals surface area contributed by atoms with Gasteiger partial charge in [-0.25, -0.2) is 0 Å². The van der Waals surface area contributed by atoms with Gasteiger partial charge >= 0.3 is 0 Å². The van der Waals surface area contributed by atoms with Crippen LogP contribution < -0.4 is 4.74 Å². The maximum absolute atomic E-state index is 12.3. The minimum atomic E-state index is -0.697. The van der Waals surface area contributed by atoms with Crippen molar-refractivity contribution in [3.8, 4) is 5.75 Å². The molecule has 0 N–H and O–H groups in total. The number of hydrogen-bond acceptors (Lipinski definition) is 3. The van der Waals surface area contributed by atoms with Crippen molar-refractivity contribution in [1.82, 2.24) is 4.90 Å². The van der Waals surface area contributed by atoms with Gasteiger partial charge in [0.2, 0.25) is 0 Å². The molecule has 1 amide bonds. The average Bonchev–Trinajstić information content (AvgIpc) is 2.63. The summed E-state index contributed by atoms with van der Waals surface area (Å²) in [5, 5.41) is 0. The smallest absolute Gasteiger partial charge is 0.254 e. The summed E-state index contributed by atoms with van der Waals surface area (Å²) in [4.78, 5) is 25.7. The van der Waals surface area contributed by atoms with E-state index in [9.17, 15) is 9.59 Å². The predicted molar refractivity (Wildman–Crippen MR) is 67.7 cm³/mol. The first kappa shape index (κ1) is 12.6. The van der Waals surface area contributed by atoms with Gasteiger partial charge in [-0.3, -0.25) is 9.59 Å². The SMILES string of the molecule is COc1ccc(C(=O)N2CCC(=O)C2(C)C)cc1. The molecule has 0 aromatic heterocycles. The van der Waals surface area contributed by atoms with Crippen molar-refractivity contribution in [3.05, 3.63) is 29.8 Å². The van der Waals surface area contributed by atoms with Gasteiger partial charge in [0.25, 0.3) is 5.91 Å². The van der Waals surface area contributed by atoms with E-state index in [0.29, 0.717) is 24.3 Å². The molecule has 0 radical (unpaired) electrons. The maximum Gasteiger partial charge on any atom is 0.254 e. The van der Waals surface area contributed by atoms with Crippen molar-refractivity contribution in [2.75, 3.05) is 13.7 Å². The summed E-state index contributed by atoms with van der Waals surface area (Å²) < 4.78 is 5.05. The lowest BCUT2D eigenvalue weighted by Crippen LogP contribution is -2.46. The quantitative estimate of drug-likeness (QED) is 0.801. The summed E-state index contributed by atoms with van der Waals surface area (Å²) in [6.45, 7) is 4.09. The van der Waals surface area contributed by atoms with Gasteiger partial charge in [0.1, 0.15) is 5.75 Å². The molecule has 4 heteroatoms. The molecule has 96 valence electrons. The average molecular weight is 247 g/mol. The van der Waals surface area contributed by atoms with Crippen LogP contribution in [0.2, 0.25) is 0 Å². The van der Waals surface area contributed by atoms with Crippen LogP contribution in [0.3, 0.4) is 0 Å². The van der Waals surface area contributed by atoms with Crippen LogP contribution in [0.5, 0.6) is 5.75 Å². The molecule has 0 aliphatic carbocycles. The molecule has 18 heavy (non-hydrogen) atoms. The second-order valence-corrected chi connectivity index (χ2v) is 4.92. The summed E-state index contributed by atoms with van der Waals surface area (Å²) in [5.41, 5.74) is -0.115. The van der Waals surface area contributed by atoms with Gasteiger partial charge in [0.05, 0.1) is 12.6 Å². The molecule has 1 aromatic carbocycles. The number of carbonyl (C=O) groups excluding carboxylic acids is 2. The van der Waals surface area contributed by atoms with Crippen molar-refractivity contribution >= 4 is 11.7 Å². The number of Topliss-reactive ketones (excluding diaryl/α,β-unsaturated/α-hetero) is 1. The molecule has 1 aliphatic heterocycles. The zero-order valence-electron chi connectivity index (χ0n) is 10.9. The lowest BCUT2D eigenvalue weighted by molar-refractivity contribution is -0.123. The summed E-state index contributed by atoms with van der Waals surface area (Å²) in [6, 6.07) is 6.94. The molecular formula is C14H17NO3. The monoisotopic (exact) mass is 247 g/mol. The standard InChI is InChI=1S/C14H17NO3/c1-14(2)12(16)8-9-15(14)13(17)10-4-6-11(18-3)7-5-10/h4-7H,8-9H2,1-3H3. The molecule has 2 rings (SSSR count). The zero-order chi connectivity index (χ0) is 13.3. The summed E-state index contributed by atoms with van der Waals surface area (Å²) in [6.07, 6.45) is 0.439. The Kier molecular flexibility index (Phi) is 3.11. The Morgan fingerprint density at radius 3 is 2.33 bits per heavy atom. The first-order valence-electron chi connectivity index (χ1n) is 5.96. The third kappa shape index (κ3) is 1.98. The number of benzene rings is 1. The number of rotatable bonds is 2. The molecule has 1 aliphatic rings. The van der Waals surface area contributed by atoms with Gasteiger partial charge in [-0.05, 0) is 38.1 Å². The van der Waals surface area contributed by atoms with Crippen LogP contribution in [-0.2, 0) is 4.79 Å². The highest BCUT2D eigenvalue weighted by Gasteiger charge is 2.42. The van der Waals surface area contributed by atoms with Crippen LogP contribution in [0, 0.1) is 0 Å². The third-order valence-electron chi connectivity index (χ3n) is 3.50. The molecular weight excluding hydrogens is 230 g/mol. The van der Waals surface area contributed by atoms with Crippen molar-refractivity contribution in [3.63, 3.8) is 0 Å². The first-order valence-corrected chi connectivity index (χ1v) is 5.96. The van der Waals surface area contributed by atoms with Crippen LogP contribution in [0.15, 0.2) is 24.3 Å². The van der Waals surface area contributed by atoms with Gasteiger partial charge in [0.15, 0.2) is 5.78 Å². The second kappa shape index (κ2) is 4.44. The molecule has 1 fully saturated rings. The summed E-state index contributed by atoms with van der Waals surface area (Å²) in [7, 11) is 1.58. The first-order chi connectivity index (χ1) is 8.46. The number of likely N-dealkylation sites (tertiary alicyclic amines) is 1. The van der Waals surface area contributed by atoms with E-state index in [1.54, 1.807) is 50.1 Å². The van der Waals surface area contributed by atoms with E-state index in [0.717, 1.165) is 0 Å². The van der Waals surface area contributed by atoms with E-state index >= 15 is 0 Å². The van der Waals surface area contributed by atoms with Crippen molar-refractivity contribution in [2.24, 2.45) is 0 Å². The van der Waals surface area contributed by atoms with Gasteiger partial charge < -0.3 is 9.64 Å². The lowest BCUT2D eigenvalue weighted by atomic mass is 10.00. The van der Waals surface area contributed by atoms with Gasteiger partial charge in [-0.1, -0.05) is 0 Å². The lowest BCUT2D eigenvalue weighted by Gasteiger charge is -2.30. The number of carbonyl (C=O) groups is 2. The van der Waals surface area contributed by atoms with Gasteiger partial charge in [0, 0.05) is 18.5 Å². The van der Waals surface area contributed by atoms with Crippen LogP contribution in [0.4, 0.5) is 0 Å². The highest BCUT2D eigenvalue weighted by molar-refractivity contribution is 6.01. The van der Waals surface area contributed by atoms with Gasteiger partial charge in [-0.15, -0.1) is 0 Å². The molecule has 0 unspecified atom stereocenters. The summed E-state index contributed by atoms with van der Waals surface area (Å²) in [5.74, 6) is 0.723. The Morgan fingerprint density at radius 2 is 1.89 bits per heavy atom. The molecule has 4 nitrogen and oxygen atoms in total. The number of methoxy groups -OCH3 is 1. The van der Waals surface area contributed by atoms with E-state index in [1.165, 1.54) is 0 Å². The Morgan fingerprint density at radius 1 is 1.28 bits per heavy atom. The fourth-order valence-corrected chi connectivity index (χ4v) is 2.19. The van der Waals surface area contributed by atoms with Crippen molar-refractivity contribution in [2.45, 2.75) is 25.8 Å². The van der Waals surface area contributed by atoms with Crippen LogP contribution in [0.25, 0.3) is 0 Å². The summed E-state index contributed by atoms with van der Waals surface area (Å²) >= 11 is 0. The molecule has 1 heterocycles. The number of nitrogens with zero attached hydrogens (tertiary/aromatic N) is 1. The van der Waals surface area contributed by atoms with Crippen LogP contribution >= 0.6 is 0 Å². The van der Waals surface area contributed by atoms with Gasteiger partial charge in [-0.2, -0.15) is 0 Å². The van der Waals surface area contributed by atoms with Crippen molar-refractivity contribution in [1.29, 1.82) is 0 Å². The molecule has 0 atom stereocenters. The Balaban J connectivity index is 2.23. The topological polar surface area (TPSA) is 46.6 Å². The highest BCUT2D eigenvalue weighted by Crippen LogP contribution is 2.27. The fourth-order valence-electron chi connectivity index (χ4n) is 2.19. The molecule has 1 aromatic rings. The fraction of sp³-hybridized carbons (Fsp3) is 0.429. The normalized spacial score (nSPS) is 17.9. The Bertz CT molecular complexity index is 476. The largest absolute Gasteiger partial charge is 0.497 e. The molecule has 0 bridgehead atoms. The van der Waals surface area contributed by atoms with E-state index < -0.39 is 5.54 Å². The van der Waals surface area contributed by atoms with E-state index in [-0.39, 0.29) is 11.7 Å². The second-order valence-electron chi connectivity index (χ2n) is 4.92. The van der Waals surface area contributed by atoms with E-state index in [1.807, 2.05) is 0 Å². The number of ether oxygens (including phenoxy) is 1. The minimum absolute atomic E-state index is 0.103. The number of hydrogen-bond donors (Lipinski definition) is 0.